The zero-order chi connectivity index (χ0) is 26.0. The molecule has 0 spiro atoms. The van der Waals surface area contributed by atoms with E-state index >= 15 is 0 Å². The van der Waals surface area contributed by atoms with Gasteiger partial charge in [0.1, 0.15) is 11.4 Å². The molecule has 0 aliphatic heterocycles. The Morgan fingerprint density at radius 3 is 1.97 bits per heavy atom. The van der Waals surface area contributed by atoms with E-state index in [0.29, 0.717) is 48.9 Å². The van der Waals surface area contributed by atoms with Gasteiger partial charge in [0.25, 0.3) is 5.91 Å². The van der Waals surface area contributed by atoms with E-state index in [1.165, 1.54) is 6.07 Å². The van der Waals surface area contributed by atoms with Gasteiger partial charge in [0.05, 0.1) is 5.75 Å². The first-order valence-corrected chi connectivity index (χ1v) is 12.7. The second-order valence-electron chi connectivity index (χ2n) is 8.56. The SMILES string of the molecule is CS(=O)(=O)Cc1cccc(C(=O)NC2CCC(Nc3cc(C(F)(F)F)nc(C(F)(F)F)c3)CC2)c1.S. The summed E-state index contributed by atoms with van der Waals surface area (Å²) in [5, 5.41) is 5.57. The first-order valence-electron chi connectivity index (χ1n) is 10.6. The van der Waals surface area contributed by atoms with Crippen molar-refractivity contribution in [1.82, 2.24) is 10.3 Å². The number of aromatic nitrogens is 1. The first-order chi connectivity index (χ1) is 16.1. The van der Waals surface area contributed by atoms with Gasteiger partial charge >= 0.3 is 12.4 Å². The van der Waals surface area contributed by atoms with Crippen LogP contribution in [0.25, 0.3) is 0 Å². The summed E-state index contributed by atoms with van der Waals surface area (Å²) in [6.45, 7) is 0. The fourth-order valence-corrected chi connectivity index (χ4v) is 4.68. The fraction of sp³-hybridized carbons (Fsp3) is 0.455. The summed E-state index contributed by atoms with van der Waals surface area (Å²) in [4.78, 5) is 15.3. The second-order valence-corrected chi connectivity index (χ2v) is 10.7. The lowest BCUT2D eigenvalue weighted by Crippen LogP contribution is -2.40. The number of hydrogen-bond donors (Lipinski definition) is 2. The van der Waals surface area contributed by atoms with Gasteiger partial charge in [-0.15, -0.1) is 0 Å². The smallest absolute Gasteiger partial charge is 0.382 e. The number of nitrogens with zero attached hydrogens (tertiary/aromatic N) is 1. The third-order valence-electron chi connectivity index (χ3n) is 5.46. The molecule has 0 radical (unpaired) electrons. The van der Waals surface area contributed by atoms with Crippen molar-refractivity contribution in [1.29, 1.82) is 0 Å². The normalized spacial score (nSPS) is 18.8. The molecule has 1 aromatic carbocycles. The minimum atomic E-state index is -5.03. The van der Waals surface area contributed by atoms with Gasteiger partial charge in [0, 0.05) is 29.6 Å². The molecule has 0 bridgehead atoms. The Kier molecular flexibility index (Phi) is 9.32. The van der Waals surface area contributed by atoms with Crippen LogP contribution in [0.3, 0.4) is 0 Å². The molecule has 2 N–H and O–H groups in total. The van der Waals surface area contributed by atoms with Gasteiger partial charge in [-0.05, 0) is 55.5 Å². The van der Waals surface area contributed by atoms with E-state index in [9.17, 15) is 39.6 Å². The van der Waals surface area contributed by atoms with Crippen molar-refractivity contribution in [3.05, 3.63) is 58.9 Å². The highest BCUT2D eigenvalue weighted by Crippen LogP contribution is 2.35. The zero-order valence-electron chi connectivity index (χ0n) is 19.0. The number of carbonyl (C=O) groups is 1. The van der Waals surface area contributed by atoms with Crippen molar-refractivity contribution in [2.45, 2.75) is 55.9 Å². The minimum Gasteiger partial charge on any atom is -0.382 e. The number of nitrogens with one attached hydrogen (secondary N) is 2. The van der Waals surface area contributed by atoms with Gasteiger partial charge in [-0.3, -0.25) is 4.79 Å². The van der Waals surface area contributed by atoms with E-state index in [0.717, 1.165) is 6.26 Å². The van der Waals surface area contributed by atoms with Crippen LogP contribution in [0.1, 0.15) is 53.0 Å². The van der Waals surface area contributed by atoms with E-state index in [1.807, 2.05) is 0 Å². The Bertz CT molecular complexity index is 1150. The van der Waals surface area contributed by atoms with Crippen molar-refractivity contribution in [3.63, 3.8) is 0 Å². The van der Waals surface area contributed by atoms with Crippen LogP contribution in [-0.4, -0.2) is 37.6 Å². The highest BCUT2D eigenvalue weighted by Gasteiger charge is 2.39. The van der Waals surface area contributed by atoms with E-state index in [4.69, 9.17) is 0 Å². The lowest BCUT2D eigenvalue weighted by molar-refractivity contribution is -0.150. The molecule has 36 heavy (non-hydrogen) atoms. The maximum absolute atomic E-state index is 13.0. The Balaban J connectivity index is 0.00000456. The van der Waals surface area contributed by atoms with Crippen LogP contribution in [0.2, 0.25) is 0 Å². The average Bonchev–Trinajstić information content (AvgIpc) is 2.72. The van der Waals surface area contributed by atoms with Crippen LogP contribution < -0.4 is 10.6 Å². The van der Waals surface area contributed by atoms with Gasteiger partial charge in [-0.1, -0.05) is 12.1 Å². The molecule has 200 valence electrons. The molecule has 1 aliphatic carbocycles. The number of alkyl halides is 6. The molecule has 1 amide bonds. The largest absolute Gasteiger partial charge is 0.433 e. The number of pyridine rings is 1. The molecule has 1 aliphatic rings. The Labute approximate surface area is 211 Å². The van der Waals surface area contributed by atoms with Crippen LogP contribution in [0, 0.1) is 0 Å². The molecular weight excluding hydrogens is 532 g/mol. The Morgan fingerprint density at radius 1 is 0.944 bits per heavy atom. The summed E-state index contributed by atoms with van der Waals surface area (Å²) < 4.78 is 101. The maximum Gasteiger partial charge on any atom is 0.433 e. The van der Waals surface area contributed by atoms with Crippen molar-refractivity contribution in [3.8, 4) is 0 Å². The summed E-state index contributed by atoms with van der Waals surface area (Å²) in [6.07, 6.45) is -7.25. The predicted molar refractivity (Wildman–Crippen MR) is 127 cm³/mol. The molecule has 2 aromatic rings. The van der Waals surface area contributed by atoms with Crippen LogP contribution in [0.15, 0.2) is 36.4 Å². The number of hydrogen-bond acceptors (Lipinski definition) is 5. The predicted octanol–water partition coefficient (Wildman–Crippen LogP) is 4.93. The molecule has 14 heteroatoms. The number of halogens is 6. The molecule has 6 nitrogen and oxygen atoms in total. The van der Waals surface area contributed by atoms with Crippen molar-refractivity contribution >= 4 is 34.9 Å². The number of benzene rings is 1. The number of carbonyl (C=O) groups excluding carboxylic acids is 1. The van der Waals surface area contributed by atoms with Crippen LogP contribution >= 0.6 is 13.5 Å². The maximum atomic E-state index is 13.0. The summed E-state index contributed by atoms with van der Waals surface area (Å²) >= 11 is 0. The molecule has 0 atom stereocenters. The Hall–Kier alpha value is -2.48. The van der Waals surface area contributed by atoms with Gasteiger partial charge in [-0.25, -0.2) is 13.4 Å². The number of sulfone groups is 1. The van der Waals surface area contributed by atoms with Gasteiger partial charge in [-0.2, -0.15) is 39.8 Å². The summed E-state index contributed by atoms with van der Waals surface area (Å²) in [6, 6.07) is 6.69. The van der Waals surface area contributed by atoms with Crippen molar-refractivity contribution < 1.29 is 39.6 Å². The summed E-state index contributed by atoms with van der Waals surface area (Å²) in [5.74, 6) is -0.595. The molecule has 3 rings (SSSR count). The standard InChI is InChI=1S/C22H23F6N3O3S.H2S/c1-35(33,34)12-13-3-2-4-14(9-13)20(32)30-16-7-5-15(6-8-16)29-17-10-18(21(23,24)25)31-19(11-17)22(26,27)28;/h2-4,9-11,15-16H,5-8,12H2,1H3,(H,29,31)(H,30,32);1H2. The van der Waals surface area contributed by atoms with E-state index < -0.39 is 39.5 Å². The lowest BCUT2D eigenvalue weighted by Gasteiger charge is -2.30. The van der Waals surface area contributed by atoms with Gasteiger partial charge in [0.15, 0.2) is 9.84 Å². The molecule has 1 heterocycles. The third kappa shape index (κ3) is 8.57. The third-order valence-corrected chi connectivity index (χ3v) is 6.32. The van der Waals surface area contributed by atoms with E-state index in [-0.39, 0.29) is 37.0 Å². The highest BCUT2D eigenvalue weighted by molar-refractivity contribution is 7.89. The lowest BCUT2D eigenvalue weighted by atomic mass is 9.90. The summed E-state index contributed by atoms with van der Waals surface area (Å²) in [5.41, 5.74) is -2.82. The second kappa shape index (κ2) is 11.3. The molecule has 1 fully saturated rings. The fourth-order valence-electron chi connectivity index (χ4n) is 3.90. The molecule has 0 unspecified atom stereocenters. The van der Waals surface area contributed by atoms with Crippen molar-refractivity contribution in [2.24, 2.45) is 0 Å². The Morgan fingerprint density at radius 2 is 1.47 bits per heavy atom. The van der Waals surface area contributed by atoms with Crippen molar-refractivity contribution in [2.75, 3.05) is 11.6 Å². The van der Waals surface area contributed by atoms with Gasteiger partial charge < -0.3 is 10.6 Å². The number of rotatable bonds is 6. The minimum absolute atomic E-state index is 0. The van der Waals surface area contributed by atoms with E-state index in [2.05, 4.69) is 15.6 Å². The molecular formula is C22H25F6N3O3S2. The monoisotopic (exact) mass is 557 g/mol. The topological polar surface area (TPSA) is 88.2 Å². The van der Waals surface area contributed by atoms with Crippen LogP contribution in [0.5, 0.6) is 0 Å². The quantitative estimate of drug-likeness (QED) is 0.492. The zero-order valence-corrected chi connectivity index (χ0v) is 20.8. The molecule has 1 saturated carbocycles. The van der Waals surface area contributed by atoms with Crippen LogP contribution in [-0.2, 0) is 27.9 Å². The molecule has 1 aromatic heterocycles. The first kappa shape index (κ1) is 29.7. The summed E-state index contributed by atoms with van der Waals surface area (Å²) in [7, 11) is -3.27. The number of anilines is 1. The average molecular weight is 558 g/mol. The van der Waals surface area contributed by atoms with Crippen LogP contribution in [0.4, 0.5) is 32.0 Å². The van der Waals surface area contributed by atoms with E-state index in [1.54, 1.807) is 18.2 Å². The highest BCUT2D eigenvalue weighted by atomic mass is 32.2. The van der Waals surface area contributed by atoms with Gasteiger partial charge in [0.2, 0.25) is 0 Å². The number of amides is 1. The molecule has 0 saturated heterocycles.